The van der Waals surface area contributed by atoms with Crippen molar-refractivity contribution in [3.05, 3.63) is 98.4 Å². The summed E-state index contributed by atoms with van der Waals surface area (Å²) in [4.78, 5) is 32.1. The van der Waals surface area contributed by atoms with Gasteiger partial charge in [0.15, 0.2) is 5.78 Å². The highest BCUT2D eigenvalue weighted by molar-refractivity contribution is 8.14. The molecule has 0 saturated carbocycles. The number of hydrogen-bond acceptors (Lipinski definition) is 6. The highest BCUT2D eigenvalue weighted by atomic mass is 32.2. The van der Waals surface area contributed by atoms with Crippen molar-refractivity contribution in [3.63, 3.8) is 0 Å². The second-order valence-corrected chi connectivity index (χ2v) is 10.8. The number of aryl methyl sites for hydroxylation is 3. The van der Waals surface area contributed by atoms with Crippen LogP contribution in [0.3, 0.4) is 0 Å². The van der Waals surface area contributed by atoms with E-state index in [0.717, 1.165) is 27.3 Å². The van der Waals surface area contributed by atoms with Crippen LogP contribution in [-0.2, 0) is 4.79 Å². The molecule has 2 aromatic carbocycles. The van der Waals surface area contributed by atoms with E-state index in [-0.39, 0.29) is 17.4 Å². The lowest BCUT2D eigenvalue weighted by Crippen LogP contribution is -2.31. The van der Waals surface area contributed by atoms with E-state index in [1.54, 1.807) is 6.92 Å². The molecule has 0 spiro atoms. The van der Waals surface area contributed by atoms with Crippen LogP contribution in [-0.4, -0.2) is 22.5 Å². The second kappa shape index (κ2) is 11.1. The van der Waals surface area contributed by atoms with Crippen molar-refractivity contribution >= 4 is 45.5 Å². The quantitative estimate of drug-likeness (QED) is 0.366. The molecule has 1 amide bonds. The molecular weight excluding hydrogens is 486 g/mol. The van der Waals surface area contributed by atoms with E-state index < -0.39 is 11.8 Å². The third-order valence-corrected chi connectivity index (χ3v) is 8.24. The number of benzene rings is 2. The van der Waals surface area contributed by atoms with Gasteiger partial charge in [0.05, 0.1) is 16.9 Å². The Labute approximate surface area is 220 Å². The Hall–Kier alpha value is -3.47. The number of nitrogens with one attached hydrogen (secondary N) is 1. The molecule has 0 radical (unpaired) electrons. The van der Waals surface area contributed by atoms with E-state index in [2.05, 4.69) is 11.4 Å². The second-order valence-electron chi connectivity index (χ2n) is 8.85. The number of anilines is 1. The van der Waals surface area contributed by atoms with Gasteiger partial charge in [-0.3, -0.25) is 9.59 Å². The molecule has 5 nitrogen and oxygen atoms in total. The van der Waals surface area contributed by atoms with Gasteiger partial charge in [0.2, 0.25) is 0 Å². The lowest BCUT2D eigenvalue weighted by Gasteiger charge is -2.29. The van der Waals surface area contributed by atoms with Gasteiger partial charge in [-0.05, 0) is 56.3 Å². The SMILES string of the molecule is CC1=C(C(=O)Nc2ccccc2C)[C@H](c2cccs2)C(C#N)C(SCC(=O)c2ccc(C)cc2C)=N1. The first-order valence-electron chi connectivity index (χ1n) is 11.6. The van der Waals surface area contributed by atoms with Crippen molar-refractivity contribution in [1.82, 2.24) is 0 Å². The minimum atomic E-state index is -0.665. The number of carbonyl (C=O) groups excluding carboxylic acids is 2. The van der Waals surface area contributed by atoms with E-state index in [1.807, 2.05) is 80.7 Å². The first kappa shape index (κ1) is 25.6. The summed E-state index contributed by atoms with van der Waals surface area (Å²) in [5.41, 5.74) is 5.45. The summed E-state index contributed by atoms with van der Waals surface area (Å²) in [6.45, 7) is 7.66. The molecule has 182 valence electrons. The molecule has 0 aliphatic carbocycles. The maximum absolute atomic E-state index is 13.5. The van der Waals surface area contributed by atoms with E-state index in [0.29, 0.717) is 21.9 Å². The summed E-state index contributed by atoms with van der Waals surface area (Å²) < 4.78 is 0. The summed E-state index contributed by atoms with van der Waals surface area (Å²) in [5, 5.41) is 15.8. The van der Waals surface area contributed by atoms with Crippen LogP contribution in [0.25, 0.3) is 0 Å². The largest absolute Gasteiger partial charge is 0.322 e. The molecule has 1 aliphatic heterocycles. The maximum Gasteiger partial charge on any atom is 0.254 e. The predicted octanol–water partition coefficient (Wildman–Crippen LogP) is 6.84. The van der Waals surface area contributed by atoms with Crippen LogP contribution in [0.15, 0.2) is 76.2 Å². The van der Waals surface area contributed by atoms with Crippen molar-refractivity contribution in [2.45, 2.75) is 33.6 Å². The molecule has 0 saturated heterocycles. The number of thioether (sulfide) groups is 1. The molecule has 1 N–H and O–H groups in total. The Morgan fingerprint density at radius 2 is 1.83 bits per heavy atom. The Bertz CT molecular complexity index is 1410. The first-order valence-corrected chi connectivity index (χ1v) is 13.5. The van der Waals surface area contributed by atoms with Crippen LogP contribution in [0.1, 0.15) is 44.8 Å². The molecule has 0 fully saturated rings. The highest BCUT2D eigenvalue weighted by Crippen LogP contribution is 2.43. The van der Waals surface area contributed by atoms with Gasteiger partial charge in [0.25, 0.3) is 5.91 Å². The number of ketones is 1. The smallest absolute Gasteiger partial charge is 0.254 e. The van der Waals surface area contributed by atoms with Crippen molar-refractivity contribution in [3.8, 4) is 6.07 Å². The number of thiophene rings is 1. The number of nitriles is 1. The Balaban J connectivity index is 1.66. The molecule has 1 aliphatic rings. The van der Waals surface area contributed by atoms with E-state index >= 15 is 0 Å². The van der Waals surface area contributed by atoms with Gasteiger partial charge < -0.3 is 5.32 Å². The number of para-hydroxylation sites is 1. The number of hydrogen-bond donors (Lipinski definition) is 1. The van der Waals surface area contributed by atoms with Crippen molar-refractivity contribution in [1.29, 1.82) is 5.26 Å². The first-order chi connectivity index (χ1) is 17.3. The Morgan fingerprint density at radius 3 is 2.50 bits per heavy atom. The number of Topliss-reactive ketones (excluding diaryl/α,β-unsaturated/α-hetero) is 1. The van der Waals surface area contributed by atoms with Crippen LogP contribution < -0.4 is 5.32 Å². The van der Waals surface area contributed by atoms with Crippen LogP contribution in [0, 0.1) is 38.0 Å². The average Bonchev–Trinajstić information content (AvgIpc) is 3.38. The Kier molecular flexibility index (Phi) is 7.88. The molecule has 3 aromatic rings. The van der Waals surface area contributed by atoms with E-state index in [1.165, 1.54) is 23.1 Å². The molecule has 1 aromatic heterocycles. The molecular formula is C29H27N3O2S2. The van der Waals surface area contributed by atoms with Gasteiger partial charge in [-0.25, -0.2) is 4.99 Å². The molecule has 4 rings (SSSR count). The zero-order chi connectivity index (χ0) is 25.8. The molecule has 7 heteroatoms. The van der Waals surface area contributed by atoms with Crippen LogP contribution in [0.4, 0.5) is 5.69 Å². The van der Waals surface area contributed by atoms with Crippen LogP contribution >= 0.6 is 23.1 Å². The monoisotopic (exact) mass is 513 g/mol. The van der Waals surface area contributed by atoms with Crippen molar-refractivity contribution < 1.29 is 9.59 Å². The standard InChI is InChI=1S/C29H27N3O2S2/c1-17-11-12-21(19(3)14-17)24(33)16-36-29-22(15-30)27(25-10-7-13-35-25)26(20(4)31-29)28(34)32-23-9-6-5-8-18(23)2/h5-14,22,27H,16H2,1-4H3,(H,32,34)/t22?,27-/m0/s1. The van der Waals surface area contributed by atoms with Crippen LogP contribution in [0.5, 0.6) is 0 Å². The number of nitrogens with zero attached hydrogens (tertiary/aromatic N) is 2. The maximum atomic E-state index is 13.5. The number of rotatable bonds is 6. The zero-order valence-electron chi connectivity index (χ0n) is 20.7. The lowest BCUT2D eigenvalue weighted by atomic mass is 9.82. The summed E-state index contributed by atoms with van der Waals surface area (Å²) in [5.74, 6) is -1.22. The Morgan fingerprint density at radius 1 is 1.06 bits per heavy atom. The van der Waals surface area contributed by atoms with E-state index in [9.17, 15) is 14.9 Å². The van der Waals surface area contributed by atoms with Crippen molar-refractivity contribution in [2.75, 3.05) is 11.1 Å². The minimum Gasteiger partial charge on any atom is -0.322 e. The molecule has 36 heavy (non-hydrogen) atoms. The molecule has 1 unspecified atom stereocenters. The number of allylic oxidation sites excluding steroid dienone is 1. The van der Waals surface area contributed by atoms with Gasteiger partial charge in [-0.15, -0.1) is 23.1 Å². The van der Waals surface area contributed by atoms with Crippen molar-refractivity contribution in [2.24, 2.45) is 10.9 Å². The zero-order valence-corrected chi connectivity index (χ0v) is 22.3. The molecule has 2 heterocycles. The average molecular weight is 514 g/mol. The third kappa shape index (κ3) is 5.35. The summed E-state index contributed by atoms with van der Waals surface area (Å²) in [6.07, 6.45) is 0. The van der Waals surface area contributed by atoms with Gasteiger partial charge in [-0.1, -0.05) is 48.0 Å². The third-order valence-electron chi connectivity index (χ3n) is 6.24. The van der Waals surface area contributed by atoms with Gasteiger partial charge in [-0.2, -0.15) is 5.26 Å². The number of amides is 1. The summed E-state index contributed by atoms with van der Waals surface area (Å²) >= 11 is 2.80. The fourth-order valence-corrected chi connectivity index (χ4v) is 6.28. The fraction of sp³-hybridized carbons (Fsp3) is 0.241. The summed E-state index contributed by atoms with van der Waals surface area (Å²) in [7, 11) is 0. The fourth-order valence-electron chi connectivity index (χ4n) is 4.41. The summed E-state index contributed by atoms with van der Waals surface area (Å²) in [6, 6.07) is 19.6. The molecule has 2 atom stereocenters. The van der Waals surface area contributed by atoms with Gasteiger partial charge in [0.1, 0.15) is 5.92 Å². The topological polar surface area (TPSA) is 82.3 Å². The van der Waals surface area contributed by atoms with Crippen LogP contribution in [0.2, 0.25) is 0 Å². The number of carbonyl (C=O) groups is 2. The minimum absolute atomic E-state index is 0.00529. The van der Waals surface area contributed by atoms with Gasteiger partial charge >= 0.3 is 0 Å². The highest BCUT2D eigenvalue weighted by Gasteiger charge is 2.39. The molecule has 0 bridgehead atoms. The number of aliphatic imine (C=N–C) groups is 1. The lowest BCUT2D eigenvalue weighted by molar-refractivity contribution is -0.113. The predicted molar refractivity (Wildman–Crippen MR) is 149 cm³/mol. The van der Waals surface area contributed by atoms with Gasteiger partial charge in [0, 0.05) is 33.3 Å². The normalized spacial score (nSPS) is 17.4. The van der Waals surface area contributed by atoms with E-state index in [4.69, 9.17) is 4.99 Å².